The van der Waals surface area contributed by atoms with Crippen molar-refractivity contribution in [3.63, 3.8) is 0 Å². The Bertz CT molecular complexity index is 646. The number of aromatic nitrogens is 3. The second-order valence-electron chi connectivity index (χ2n) is 3.14. The molecule has 2 heterocycles. The van der Waals surface area contributed by atoms with Gasteiger partial charge in [-0.1, -0.05) is 22.9 Å². The third-order valence-electron chi connectivity index (χ3n) is 1.97. The molecule has 0 radical (unpaired) electrons. The van der Waals surface area contributed by atoms with Gasteiger partial charge in [0, 0.05) is 17.3 Å². The standard InChI is InChI=1S/C8H8ClN5O2S/c9-5-3-14(8(16)12-6(5)15)2-4-1-11-7(13-10)17-4/h1,3H,2,10H2,(H,11,13)(H,12,15,16). The lowest BCUT2D eigenvalue weighted by molar-refractivity contribution is 0.728. The number of H-pyrrole nitrogens is 1. The van der Waals surface area contributed by atoms with Crippen LogP contribution in [-0.2, 0) is 6.54 Å². The van der Waals surface area contributed by atoms with E-state index in [2.05, 4.69) is 15.4 Å². The van der Waals surface area contributed by atoms with Crippen LogP contribution in [0, 0.1) is 0 Å². The minimum absolute atomic E-state index is 0.0358. The Labute approximate surface area is 104 Å². The summed E-state index contributed by atoms with van der Waals surface area (Å²) >= 11 is 6.94. The highest BCUT2D eigenvalue weighted by Gasteiger charge is 2.05. The highest BCUT2D eigenvalue weighted by atomic mass is 35.5. The van der Waals surface area contributed by atoms with Crippen LogP contribution >= 0.6 is 22.9 Å². The Morgan fingerprint density at radius 2 is 2.35 bits per heavy atom. The highest BCUT2D eigenvalue weighted by molar-refractivity contribution is 7.15. The van der Waals surface area contributed by atoms with Gasteiger partial charge < -0.3 is 0 Å². The average molecular weight is 274 g/mol. The molecule has 0 aliphatic carbocycles. The molecule has 90 valence electrons. The Morgan fingerprint density at radius 3 is 3.00 bits per heavy atom. The van der Waals surface area contributed by atoms with Gasteiger partial charge in [0.1, 0.15) is 5.02 Å². The number of rotatable bonds is 3. The van der Waals surface area contributed by atoms with Crippen LogP contribution in [0.2, 0.25) is 5.02 Å². The van der Waals surface area contributed by atoms with Gasteiger partial charge in [0.2, 0.25) is 0 Å². The van der Waals surface area contributed by atoms with Gasteiger partial charge >= 0.3 is 5.69 Å². The number of nitrogens with one attached hydrogen (secondary N) is 2. The van der Waals surface area contributed by atoms with Crippen LogP contribution in [0.5, 0.6) is 0 Å². The number of nitrogens with zero attached hydrogens (tertiary/aromatic N) is 2. The van der Waals surface area contributed by atoms with Crippen LogP contribution in [0.4, 0.5) is 5.13 Å². The Morgan fingerprint density at radius 1 is 1.59 bits per heavy atom. The van der Waals surface area contributed by atoms with Crippen molar-refractivity contribution in [3.05, 3.63) is 43.1 Å². The molecule has 17 heavy (non-hydrogen) atoms. The molecule has 0 aliphatic heterocycles. The summed E-state index contributed by atoms with van der Waals surface area (Å²) in [6.45, 7) is 0.273. The van der Waals surface area contributed by atoms with E-state index in [1.165, 1.54) is 22.1 Å². The first-order chi connectivity index (χ1) is 8.10. The Balaban J connectivity index is 2.33. The van der Waals surface area contributed by atoms with Crippen LogP contribution in [-0.4, -0.2) is 14.5 Å². The molecule has 4 N–H and O–H groups in total. The van der Waals surface area contributed by atoms with Crippen LogP contribution in [0.1, 0.15) is 4.88 Å². The summed E-state index contributed by atoms with van der Waals surface area (Å²) in [5.41, 5.74) is 1.29. The zero-order valence-corrected chi connectivity index (χ0v) is 10.0. The first-order valence-corrected chi connectivity index (χ1v) is 5.70. The van der Waals surface area contributed by atoms with Crippen molar-refractivity contribution in [3.8, 4) is 0 Å². The van der Waals surface area contributed by atoms with E-state index in [0.29, 0.717) is 5.13 Å². The van der Waals surface area contributed by atoms with E-state index in [9.17, 15) is 9.59 Å². The summed E-state index contributed by atoms with van der Waals surface area (Å²) in [7, 11) is 0. The molecule has 0 amide bonds. The molecule has 9 heteroatoms. The zero-order chi connectivity index (χ0) is 12.4. The minimum atomic E-state index is -0.596. The molecule has 0 unspecified atom stereocenters. The van der Waals surface area contributed by atoms with E-state index in [-0.39, 0.29) is 11.6 Å². The number of hydrazine groups is 1. The van der Waals surface area contributed by atoms with E-state index in [1.54, 1.807) is 6.20 Å². The van der Waals surface area contributed by atoms with Gasteiger partial charge in [0.25, 0.3) is 5.56 Å². The zero-order valence-electron chi connectivity index (χ0n) is 8.44. The molecule has 0 saturated carbocycles. The van der Waals surface area contributed by atoms with Crippen LogP contribution in [0.15, 0.2) is 22.0 Å². The summed E-state index contributed by atoms with van der Waals surface area (Å²) in [6.07, 6.45) is 2.88. The van der Waals surface area contributed by atoms with E-state index < -0.39 is 11.2 Å². The molecular weight excluding hydrogens is 266 g/mol. The molecule has 0 aromatic carbocycles. The molecule has 0 aliphatic rings. The van der Waals surface area contributed by atoms with Crippen molar-refractivity contribution in [2.75, 3.05) is 5.43 Å². The predicted molar refractivity (Wildman–Crippen MR) is 65.4 cm³/mol. The van der Waals surface area contributed by atoms with Crippen molar-refractivity contribution in [2.45, 2.75) is 6.54 Å². The number of nitrogen functional groups attached to an aromatic ring is 1. The van der Waals surface area contributed by atoms with Crippen LogP contribution in [0.25, 0.3) is 0 Å². The quantitative estimate of drug-likeness (QED) is 0.538. The van der Waals surface area contributed by atoms with Gasteiger partial charge in [-0.3, -0.25) is 19.8 Å². The summed E-state index contributed by atoms with van der Waals surface area (Å²) in [5.74, 6) is 5.19. The largest absolute Gasteiger partial charge is 0.328 e. The van der Waals surface area contributed by atoms with Crippen LogP contribution in [0.3, 0.4) is 0 Å². The topological polar surface area (TPSA) is 106 Å². The normalized spacial score (nSPS) is 10.5. The summed E-state index contributed by atoms with van der Waals surface area (Å²) < 4.78 is 1.29. The molecule has 7 nitrogen and oxygen atoms in total. The van der Waals surface area contributed by atoms with Crippen molar-refractivity contribution < 1.29 is 0 Å². The number of halogens is 1. The van der Waals surface area contributed by atoms with Crippen molar-refractivity contribution in [1.29, 1.82) is 0 Å². The molecular formula is C8H8ClN5O2S. The highest BCUT2D eigenvalue weighted by Crippen LogP contribution is 2.17. The first-order valence-electron chi connectivity index (χ1n) is 4.50. The monoisotopic (exact) mass is 273 g/mol. The van der Waals surface area contributed by atoms with E-state index in [4.69, 9.17) is 17.4 Å². The molecule has 0 fully saturated rings. The molecule has 0 saturated heterocycles. The summed E-state index contributed by atoms with van der Waals surface area (Å²) in [6, 6.07) is 0. The number of anilines is 1. The lowest BCUT2D eigenvalue weighted by Gasteiger charge is -2.02. The fraction of sp³-hybridized carbons (Fsp3) is 0.125. The molecule has 2 aromatic heterocycles. The lowest BCUT2D eigenvalue weighted by atomic mass is 10.5. The van der Waals surface area contributed by atoms with Gasteiger partial charge in [-0.25, -0.2) is 15.6 Å². The fourth-order valence-corrected chi connectivity index (χ4v) is 2.10. The van der Waals surface area contributed by atoms with E-state index in [0.717, 1.165) is 4.88 Å². The second kappa shape index (κ2) is 4.70. The third kappa shape index (κ3) is 2.54. The molecule has 2 rings (SSSR count). The SMILES string of the molecule is NNc1ncc(Cn2cc(Cl)c(=O)[nH]c2=O)s1. The van der Waals surface area contributed by atoms with Crippen LogP contribution < -0.4 is 22.5 Å². The summed E-state index contributed by atoms with van der Waals surface area (Å²) in [4.78, 5) is 29.4. The predicted octanol–water partition coefficient (Wildman–Crippen LogP) is -0.0196. The van der Waals surface area contributed by atoms with Gasteiger partial charge in [-0.05, 0) is 0 Å². The average Bonchev–Trinajstić information content (AvgIpc) is 2.73. The van der Waals surface area contributed by atoms with E-state index in [1.807, 2.05) is 0 Å². The fourth-order valence-electron chi connectivity index (χ4n) is 1.22. The molecule has 0 atom stereocenters. The van der Waals surface area contributed by atoms with E-state index >= 15 is 0 Å². The number of aromatic amines is 1. The number of thiazole rings is 1. The number of hydrogen-bond donors (Lipinski definition) is 3. The van der Waals surface area contributed by atoms with Gasteiger partial charge in [-0.15, -0.1) is 0 Å². The minimum Gasteiger partial charge on any atom is -0.300 e. The smallest absolute Gasteiger partial charge is 0.300 e. The molecule has 0 bridgehead atoms. The lowest BCUT2D eigenvalue weighted by Crippen LogP contribution is -2.29. The van der Waals surface area contributed by atoms with Gasteiger partial charge in [0.15, 0.2) is 5.13 Å². The van der Waals surface area contributed by atoms with Gasteiger partial charge in [0.05, 0.1) is 6.54 Å². The van der Waals surface area contributed by atoms with Crippen molar-refractivity contribution in [1.82, 2.24) is 14.5 Å². The number of hydrogen-bond acceptors (Lipinski definition) is 6. The summed E-state index contributed by atoms with van der Waals surface area (Å²) in [5, 5.41) is 0.509. The van der Waals surface area contributed by atoms with Gasteiger partial charge in [-0.2, -0.15) is 0 Å². The Hall–Kier alpha value is -1.64. The maximum Gasteiger partial charge on any atom is 0.328 e. The molecule has 2 aromatic rings. The maximum atomic E-state index is 11.5. The molecule has 0 spiro atoms. The maximum absolute atomic E-state index is 11.5. The second-order valence-corrected chi connectivity index (χ2v) is 4.66. The van der Waals surface area contributed by atoms with Crippen molar-refractivity contribution >= 4 is 28.1 Å². The number of nitrogens with two attached hydrogens (primary N) is 1. The first kappa shape index (κ1) is 11.8. The van der Waals surface area contributed by atoms with Crippen molar-refractivity contribution in [2.24, 2.45) is 5.84 Å². The Kier molecular flexibility index (Phi) is 3.27. The third-order valence-corrected chi connectivity index (χ3v) is 3.15.